The Kier molecular flexibility index (Phi) is 8.78. The third-order valence-electron chi connectivity index (χ3n) is 4.29. The average molecular weight is 424 g/mol. The van der Waals surface area contributed by atoms with E-state index in [-0.39, 0.29) is 24.1 Å². The lowest BCUT2D eigenvalue weighted by molar-refractivity contribution is -0.385. The molecule has 1 aromatic rings. The number of nitrogens with zero attached hydrogens (tertiary/aromatic N) is 1. The first kappa shape index (κ1) is 23.5. The Morgan fingerprint density at radius 1 is 1.19 bits per heavy atom. The van der Waals surface area contributed by atoms with Gasteiger partial charge in [-0.2, -0.15) is 8.42 Å². The Bertz CT molecular complexity index is 729. The molecule has 0 heterocycles. The fraction of sp³-hybridized carbons (Fsp3) is 0.600. The summed E-state index contributed by atoms with van der Waals surface area (Å²) in [6.45, 7) is 0. The average Bonchev–Trinajstić information content (AvgIpc) is 2.63. The van der Waals surface area contributed by atoms with Crippen LogP contribution in [0.2, 0.25) is 6.04 Å². The molecule has 0 aliphatic rings. The molecule has 1 N–H and O–H groups in total. The minimum Gasteiger partial charge on any atom is -0.497 e. The SMILES string of the molecule is COc1ccc([N+](=O)[O-])c(CC(CCC[Si](OC)(OC)OC)S(=O)(=O)O)c1. The van der Waals surface area contributed by atoms with Crippen molar-refractivity contribution in [1.29, 1.82) is 0 Å². The highest BCUT2D eigenvalue weighted by atomic mass is 32.2. The topological polar surface area (TPSA) is 134 Å². The largest absolute Gasteiger partial charge is 0.500 e. The third-order valence-corrected chi connectivity index (χ3v) is 8.37. The van der Waals surface area contributed by atoms with Gasteiger partial charge in [-0.05, 0) is 31.4 Å². The Hall–Kier alpha value is -1.57. The molecule has 0 amide bonds. The maximum Gasteiger partial charge on any atom is 0.500 e. The fourth-order valence-electron chi connectivity index (χ4n) is 2.73. The van der Waals surface area contributed by atoms with Gasteiger partial charge in [-0.25, -0.2) is 0 Å². The molecule has 0 saturated heterocycles. The zero-order valence-corrected chi connectivity index (χ0v) is 17.5. The number of nitro groups is 1. The minimum atomic E-state index is -4.43. The minimum absolute atomic E-state index is 0.0536. The maximum absolute atomic E-state index is 11.8. The molecule has 1 atom stereocenters. The first-order valence-corrected chi connectivity index (χ1v) is 11.5. The predicted octanol–water partition coefficient (Wildman–Crippen LogP) is 2.06. The molecule has 27 heavy (non-hydrogen) atoms. The normalized spacial score (nSPS) is 13.4. The highest BCUT2D eigenvalue weighted by Gasteiger charge is 2.38. The number of hydrogen-bond donors (Lipinski definition) is 1. The van der Waals surface area contributed by atoms with Gasteiger partial charge in [0.2, 0.25) is 0 Å². The molecular weight excluding hydrogens is 398 g/mol. The molecule has 1 rings (SSSR count). The van der Waals surface area contributed by atoms with Crippen LogP contribution in [0.4, 0.5) is 5.69 Å². The standard InChI is InChI=1S/C15H25NO9SSi/c1-22-13-7-8-15(16(17)18)12(10-13)11-14(26(19,20)21)6-5-9-27(23-2,24-3)25-4/h7-8,10,14H,5-6,9,11H2,1-4H3,(H,19,20,21). The Labute approximate surface area is 159 Å². The van der Waals surface area contributed by atoms with Gasteiger partial charge in [0.15, 0.2) is 0 Å². The number of benzene rings is 1. The highest BCUT2D eigenvalue weighted by molar-refractivity contribution is 7.86. The molecular formula is C15H25NO9SSi. The smallest absolute Gasteiger partial charge is 0.497 e. The molecule has 0 fully saturated rings. The van der Waals surface area contributed by atoms with Gasteiger partial charge in [0.25, 0.3) is 15.8 Å². The van der Waals surface area contributed by atoms with E-state index in [0.717, 1.165) is 0 Å². The molecule has 0 aliphatic carbocycles. The molecule has 1 aromatic carbocycles. The van der Waals surface area contributed by atoms with Crippen LogP contribution in [0.5, 0.6) is 5.75 Å². The molecule has 10 nitrogen and oxygen atoms in total. The van der Waals surface area contributed by atoms with Crippen LogP contribution in [-0.2, 0) is 29.8 Å². The lowest BCUT2D eigenvalue weighted by atomic mass is 10.0. The first-order chi connectivity index (χ1) is 12.6. The molecule has 12 heteroatoms. The van der Waals surface area contributed by atoms with Crippen LogP contribution in [-0.4, -0.2) is 60.4 Å². The summed E-state index contributed by atoms with van der Waals surface area (Å²) in [6, 6.07) is 4.39. The predicted molar refractivity (Wildman–Crippen MR) is 99.5 cm³/mol. The van der Waals surface area contributed by atoms with E-state index in [1.54, 1.807) is 0 Å². The summed E-state index contributed by atoms with van der Waals surface area (Å²) in [5, 5.41) is 10.0. The number of rotatable bonds is 12. The summed E-state index contributed by atoms with van der Waals surface area (Å²) in [6.07, 6.45) is 0.149. The van der Waals surface area contributed by atoms with Gasteiger partial charge in [0.05, 0.1) is 17.3 Å². The van der Waals surface area contributed by atoms with E-state index in [2.05, 4.69) is 0 Å². The van der Waals surface area contributed by atoms with E-state index >= 15 is 0 Å². The molecule has 0 spiro atoms. The van der Waals surface area contributed by atoms with Crippen molar-refractivity contribution in [3.8, 4) is 5.75 Å². The number of ether oxygens (including phenoxy) is 1. The summed E-state index contributed by atoms with van der Waals surface area (Å²) in [5.41, 5.74) is -0.0745. The highest BCUT2D eigenvalue weighted by Crippen LogP contribution is 2.28. The second kappa shape index (κ2) is 10.1. The van der Waals surface area contributed by atoms with Gasteiger partial charge in [-0.1, -0.05) is 0 Å². The van der Waals surface area contributed by atoms with Crippen LogP contribution in [0.25, 0.3) is 0 Å². The second-order valence-corrected chi connectivity index (χ2v) is 10.6. The molecule has 154 valence electrons. The van der Waals surface area contributed by atoms with Gasteiger partial charge in [-0.15, -0.1) is 0 Å². The van der Waals surface area contributed by atoms with Crippen LogP contribution in [0, 0.1) is 10.1 Å². The van der Waals surface area contributed by atoms with Crippen LogP contribution in [0.1, 0.15) is 18.4 Å². The van der Waals surface area contributed by atoms with E-state index < -0.39 is 29.1 Å². The van der Waals surface area contributed by atoms with Crippen LogP contribution in [0.15, 0.2) is 18.2 Å². The lowest BCUT2D eigenvalue weighted by Gasteiger charge is -2.24. The summed E-state index contributed by atoms with van der Waals surface area (Å²) in [5.74, 6) is 0.356. The summed E-state index contributed by atoms with van der Waals surface area (Å²) in [4.78, 5) is 10.6. The maximum atomic E-state index is 11.8. The van der Waals surface area contributed by atoms with Crippen molar-refractivity contribution in [3.63, 3.8) is 0 Å². The summed E-state index contributed by atoms with van der Waals surface area (Å²) in [7, 11) is -1.59. The van der Waals surface area contributed by atoms with Crippen molar-refractivity contribution in [2.45, 2.75) is 30.6 Å². The lowest BCUT2D eigenvalue weighted by Crippen LogP contribution is -2.42. The number of hydrogen-bond acceptors (Lipinski definition) is 8. The van der Waals surface area contributed by atoms with E-state index in [1.165, 1.54) is 46.6 Å². The first-order valence-electron chi connectivity index (χ1n) is 8.05. The van der Waals surface area contributed by atoms with Crippen molar-refractivity contribution in [1.82, 2.24) is 0 Å². The summed E-state index contributed by atoms with van der Waals surface area (Å²) >= 11 is 0. The van der Waals surface area contributed by atoms with E-state index in [4.69, 9.17) is 18.0 Å². The van der Waals surface area contributed by atoms with Crippen molar-refractivity contribution in [2.24, 2.45) is 0 Å². The molecule has 0 aromatic heterocycles. The molecule has 0 radical (unpaired) electrons. The van der Waals surface area contributed by atoms with Crippen LogP contribution in [0.3, 0.4) is 0 Å². The summed E-state index contributed by atoms with van der Waals surface area (Å²) < 4.78 is 54.1. The molecule has 0 bridgehead atoms. The fourth-order valence-corrected chi connectivity index (χ4v) is 5.34. The number of methoxy groups -OCH3 is 1. The van der Waals surface area contributed by atoms with E-state index in [0.29, 0.717) is 18.2 Å². The molecule has 0 saturated carbocycles. The quantitative estimate of drug-likeness (QED) is 0.232. The van der Waals surface area contributed by atoms with Crippen molar-refractivity contribution in [3.05, 3.63) is 33.9 Å². The molecule has 1 unspecified atom stereocenters. The van der Waals surface area contributed by atoms with E-state index in [9.17, 15) is 23.1 Å². The van der Waals surface area contributed by atoms with Crippen molar-refractivity contribution >= 4 is 24.6 Å². The second-order valence-electron chi connectivity index (χ2n) is 5.78. The monoisotopic (exact) mass is 423 g/mol. The van der Waals surface area contributed by atoms with E-state index in [1.807, 2.05) is 0 Å². The van der Waals surface area contributed by atoms with Gasteiger partial charge in [0.1, 0.15) is 5.75 Å². The van der Waals surface area contributed by atoms with Gasteiger partial charge < -0.3 is 18.0 Å². The number of nitro benzene ring substituents is 1. The zero-order valence-electron chi connectivity index (χ0n) is 15.7. The van der Waals surface area contributed by atoms with Crippen molar-refractivity contribution < 1.29 is 35.9 Å². The Balaban J connectivity index is 3.02. The van der Waals surface area contributed by atoms with Crippen LogP contribution >= 0.6 is 0 Å². The molecule has 0 aliphatic heterocycles. The Morgan fingerprint density at radius 3 is 2.22 bits per heavy atom. The van der Waals surface area contributed by atoms with Gasteiger partial charge in [0, 0.05) is 39.0 Å². The zero-order chi connectivity index (χ0) is 20.7. The van der Waals surface area contributed by atoms with Gasteiger partial charge in [-0.3, -0.25) is 14.7 Å². The van der Waals surface area contributed by atoms with Gasteiger partial charge >= 0.3 is 8.80 Å². The van der Waals surface area contributed by atoms with Crippen molar-refractivity contribution in [2.75, 3.05) is 28.4 Å². The Morgan fingerprint density at radius 2 is 1.78 bits per heavy atom. The van der Waals surface area contributed by atoms with Crippen LogP contribution < -0.4 is 4.74 Å². The third kappa shape index (κ3) is 6.51.